The van der Waals surface area contributed by atoms with Gasteiger partial charge in [-0.25, -0.2) is 8.78 Å². The van der Waals surface area contributed by atoms with Gasteiger partial charge >= 0.3 is 0 Å². The highest BCUT2D eigenvalue weighted by molar-refractivity contribution is 5.96. The lowest BCUT2D eigenvalue weighted by atomic mass is 10.1. The summed E-state index contributed by atoms with van der Waals surface area (Å²) in [4.78, 5) is 11.7. The van der Waals surface area contributed by atoms with Gasteiger partial charge in [-0.05, 0) is 24.6 Å². The first-order chi connectivity index (χ1) is 8.52. The lowest BCUT2D eigenvalue weighted by molar-refractivity contribution is 0.0188. The summed E-state index contributed by atoms with van der Waals surface area (Å²) in [6.45, 7) is 1.36. The van der Waals surface area contributed by atoms with Crippen LogP contribution in [0.2, 0.25) is 0 Å². The van der Waals surface area contributed by atoms with Gasteiger partial charge in [0, 0.05) is 17.8 Å². The van der Waals surface area contributed by atoms with Gasteiger partial charge in [0.05, 0.1) is 6.61 Å². The van der Waals surface area contributed by atoms with Crippen molar-refractivity contribution in [2.75, 3.05) is 25.5 Å². The van der Waals surface area contributed by atoms with Crippen molar-refractivity contribution < 1.29 is 18.3 Å². The number of hydrogen-bond acceptors (Lipinski definition) is 3. The molecule has 1 rings (SSSR count). The highest BCUT2D eigenvalue weighted by atomic mass is 19.3. The summed E-state index contributed by atoms with van der Waals surface area (Å²) in [5.41, 5.74) is 7.39. The van der Waals surface area contributed by atoms with E-state index in [-0.39, 0.29) is 19.1 Å². The van der Waals surface area contributed by atoms with Gasteiger partial charge in [0.15, 0.2) is 0 Å². The van der Waals surface area contributed by atoms with Gasteiger partial charge in [0.25, 0.3) is 12.3 Å². The summed E-state index contributed by atoms with van der Waals surface area (Å²) >= 11 is 0. The number of carbonyl (C=O) groups excluding carboxylic acids is 1. The predicted molar refractivity (Wildman–Crippen MR) is 64.7 cm³/mol. The first kappa shape index (κ1) is 14.4. The van der Waals surface area contributed by atoms with Crippen molar-refractivity contribution in [3.63, 3.8) is 0 Å². The van der Waals surface area contributed by atoms with E-state index in [0.717, 1.165) is 0 Å². The molecule has 0 atom stereocenters. The molecule has 0 heterocycles. The first-order valence-electron chi connectivity index (χ1n) is 5.51. The van der Waals surface area contributed by atoms with Gasteiger partial charge in [-0.1, -0.05) is 6.07 Å². The number of halogens is 2. The van der Waals surface area contributed by atoms with Crippen LogP contribution in [0.5, 0.6) is 0 Å². The maximum atomic E-state index is 11.8. The summed E-state index contributed by atoms with van der Waals surface area (Å²) in [6.07, 6.45) is -2.49. The molecule has 1 amide bonds. The number of anilines is 1. The molecule has 0 aromatic heterocycles. The van der Waals surface area contributed by atoms with Crippen molar-refractivity contribution >= 4 is 11.6 Å². The molecular weight excluding hydrogens is 242 g/mol. The molecule has 100 valence electrons. The molecule has 0 bridgehead atoms. The van der Waals surface area contributed by atoms with Crippen molar-refractivity contribution in [3.8, 4) is 0 Å². The van der Waals surface area contributed by atoms with Gasteiger partial charge in [0.2, 0.25) is 0 Å². The van der Waals surface area contributed by atoms with E-state index < -0.39 is 13.0 Å². The monoisotopic (exact) mass is 258 g/mol. The van der Waals surface area contributed by atoms with E-state index in [4.69, 9.17) is 5.73 Å². The second kappa shape index (κ2) is 6.90. The van der Waals surface area contributed by atoms with Gasteiger partial charge in [0.1, 0.15) is 6.61 Å². The van der Waals surface area contributed by atoms with Gasteiger partial charge in [-0.3, -0.25) is 4.79 Å². The molecule has 0 aliphatic carbocycles. The predicted octanol–water partition coefficient (Wildman–Crippen LogP) is 1.59. The van der Waals surface area contributed by atoms with Gasteiger partial charge in [-0.15, -0.1) is 0 Å². The van der Waals surface area contributed by atoms with Gasteiger partial charge < -0.3 is 15.8 Å². The molecule has 4 nitrogen and oxygen atoms in total. The Labute approximate surface area is 104 Å². The second-order valence-corrected chi connectivity index (χ2v) is 3.74. The van der Waals surface area contributed by atoms with Crippen molar-refractivity contribution in [1.29, 1.82) is 0 Å². The van der Waals surface area contributed by atoms with Crippen molar-refractivity contribution in [2.24, 2.45) is 0 Å². The quantitative estimate of drug-likeness (QED) is 0.601. The number of nitrogens with two attached hydrogens (primary N) is 1. The molecule has 6 heteroatoms. The average Bonchev–Trinajstić information content (AvgIpc) is 2.31. The van der Waals surface area contributed by atoms with Crippen molar-refractivity contribution in [1.82, 2.24) is 5.32 Å². The molecule has 1 aromatic carbocycles. The molecule has 0 unspecified atom stereocenters. The lowest BCUT2D eigenvalue weighted by Gasteiger charge is -2.09. The zero-order chi connectivity index (χ0) is 13.5. The minimum absolute atomic E-state index is 0.0530. The Morgan fingerprint density at radius 3 is 2.89 bits per heavy atom. The Balaban J connectivity index is 2.39. The summed E-state index contributed by atoms with van der Waals surface area (Å²) in [6, 6.07) is 5.05. The first-order valence-corrected chi connectivity index (χ1v) is 5.51. The number of alkyl halides is 2. The van der Waals surface area contributed by atoms with Crippen molar-refractivity contribution in [2.45, 2.75) is 13.3 Å². The van der Waals surface area contributed by atoms with Crippen LogP contribution in [-0.2, 0) is 4.74 Å². The topological polar surface area (TPSA) is 64.4 Å². The number of hydrogen-bond donors (Lipinski definition) is 2. The molecule has 18 heavy (non-hydrogen) atoms. The van der Waals surface area contributed by atoms with Crippen LogP contribution < -0.4 is 11.1 Å². The number of nitrogen functional groups attached to an aromatic ring is 1. The van der Waals surface area contributed by atoms with Crippen molar-refractivity contribution in [3.05, 3.63) is 29.3 Å². The summed E-state index contributed by atoms with van der Waals surface area (Å²) < 4.78 is 28.2. The van der Waals surface area contributed by atoms with E-state index in [0.29, 0.717) is 16.8 Å². The zero-order valence-electron chi connectivity index (χ0n) is 10.1. The third-order valence-corrected chi connectivity index (χ3v) is 2.40. The molecule has 0 aliphatic rings. The number of rotatable bonds is 6. The molecule has 0 radical (unpaired) electrons. The van der Waals surface area contributed by atoms with Crippen LogP contribution in [0.25, 0.3) is 0 Å². The maximum absolute atomic E-state index is 11.8. The minimum atomic E-state index is -2.49. The highest BCUT2D eigenvalue weighted by Crippen LogP contribution is 2.14. The third kappa shape index (κ3) is 4.29. The standard InChI is InChI=1S/C12H16F2N2O2/c1-8-9(3-2-4-10(8)15)12(17)16-5-6-18-7-11(13)14/h2-4,11H,5-7,15H2,1H3,(H,16,17). The largest absolute Gasteiger partial charge is 0.398 e. The second-order valence-electron chi connectivity index (χ2n) is 3.74. The normalized spacial score (nSPS) is 10.7. The van der Waals surface area contributed by atoms with E-state index in [1.165, 1.54) is 0 Å². The minimum Gasteiger partial charge on any atom is -0.398 e. The summed E-state index contributed by atoms with van der Waals surface area (Å²) in [5, 5.41) is 2.58. The van der Waals surface area contributed by atoms with Crippen LogP contribution in [0.1, 0.15) is 15.9 Å². The Morgan fingerprint density at radius 1 is 1.50 bits per heavy atom. The number of benzene rings is 1. The fourth-order valence-corrected chi connectivity index (χ4v) is 1.40. The van der Waals surface area contributed by atoms with E-state index in [1.807, 2.05) is 0 Å². The van der Waals surface area contributed by atoms with Crippen LogP contribution >= 0.6 is 0 Å². The summed E-state index contributed by atoms with van der Waals surface area (Å²) in [5.74, 6) is -0.291. The Hall–Kier alpha value is -1.69. The number of amides is 1. The Morgan fingerprint density at radius 2 is 2.22 bits per heavy atom. The third-order valence-electron chi connectivity index (χ3n) is 2.40. The molecule has 0 saturated heterocycles. The number of nitrogens with one attached hydrogen (secondary N) is 1. The van der Waals surface area contributed by atoms with E-state index in [1.54, 1.807) is 25.1 Å². The van der Waals surface area contributed by atoms with Crippen LogP contribution in [-0.4, -0.2) is 32.1 Å². The molecular formula is C12H16F2N2O2. The van der Waals surface area contributed by atoms with Crippen LogP contribution in [0.15, 0.2) is 18.2 Å². The fourth-order valence-electron chi connectivity index (χ4n) is 1.40. The lowest BCUT2D eigenvalue weighted by Crippen LogP contribution is -2.28. The van der Waals surface area contributed by atoms with E-state index in [2.05, 4.69) is 10.1 Å². The van der Waals surface area contributed by atoms with Crippen LogP contribution in [0.4, 0.5) is 14.5 Å². The number of ether oxygens (including phenoxy) is 1. The molecule has 1 aromatic rings. The molecule has 0 saturated carbocycles. The summed E-state index contributed by atoms with van der Waals surface area (Å²) in [7, 11) is 0. The Kier molecular flexibility index (Phi) is 5.51. The maximum Gasteiger partial charge on any atom is 0.261 e. The highest BCUT2D eigenvalue weighted by Gasteiger charge is 2.09. The van der Waals surface area contributed by atoms with Crippen LogP contribution in [0.3, 0.4) is 0 Å². The molecule has 0 aliphatic heterocycles. The smallest absolute Gasteiger partial charge is 0.261 e. The zero-order valence-corrected chi connectivity index (χ0v) is 10.1. The Bertz CT molecular complexity index is 411. The number of carbonyl (C=O) groups is 1. The van der Waals surface area contributed by atoms with Gasteiger partial charge in [-0.2, -0.15) is 0 Å². The van der Waals surface area contributed by atoms with E-state index in [9.17, 15) is 13.6 Å². The molecule has 3 N–H and O–H groups in total. The van der Waals surface area contributed by atoms with Crippen LogP contribution in [0, 0.1) is 6.92 Å². The average molecular weight is 258 g/mol. The molecule has 0 spiro atoms. The van der Waals surface area contributed by atoms with E-state index >= 15 is 0 Å². The fraction of sp³-hybridized carbons (Fsp3) is 0.417. The SMILES string of the molecule is Cc1c(N)cccc1C(=O)NCCOCC(F)F. The molecule has 0 fully saturated rings.